The van der Waals surface area contributed by atoms with Gasteiger partial charge in [0.15, 0.2) is 0 Å². The zero-order valence-corrected chi connectivity index (χ0v) is 7.60. The van der Waals surface area contributed by atoms with Gasteiger partial charge in [-0.05, 0) is 36.5 Å². The predicted molar refractivity (Wildman–Crippen MR) is 49.6 cm³/mol. The molecule has 1 radical (unpaired) electrons. The van der Waals surface area contributed by atoms with Crippen molar-refractivity contribution < 1.29 is 4.39 Å². The number of benzene rings is 1. The average molecular weight is 165 g/mol. The van der Waals surface area contributed by atoms with E-state index >= 15 is 0 Å². The Morgan fingerprint density at radius 2 is 2.17 bits per heavy atom. The zero-order valence-electron chi connectivity index (χ0n) is 7.60. The first kappa shape index (κ1) is 9.24. The Bertz CT molecular complexity index is 264. The molecule has 1 heteroatoms. The van der Waals surface area contributed by atoms with Gasteiger partial charge in [0, 0.05) is 0 Å². The second-order valence-electron chi connectivity index (χ2n) is 3.11. The minimum atomic E-state index is -0.144. The standard InChI is InChI=1S/C11H14F/c1-4-9-5-6-11(12)10(7-9)8(2)3/h5-8H,2,4H2,1,3H3. The van der Waals surface area contributed by atoms with Crippen molar-refractivity contribution in [1.29, 1.82) is 0 Å². The lowest BCUT2D eigenvalue weighted by atomic mass is 9.99. The zero-order chi connectivity index (χ0) is 9.14. The normalized spacial score (nSPS) is 10.8. The van der Waals surface area contributed by atoms with E-state index in [0.717, 1.165) is 6.42 Å². The van der Waals surface area contributed by atoms with E-state index < -0.39 is 0 Å². The summed E-state index contributed by atoms with van der Waals surface area (Å²) < 4.78 is 13.1. The number of halogens is 1. The molecule has 1 aromatic carbocycles. The third-order valence-corrected chi connectivity index (χ3v) is 2.00. The van der Waals surface area contributed by atoms with Crippen LogP contribution in [0.5, 0.6) is 0 Å². The molecule has 0 bridgehead atoms. The van der Waals surface area contributed by atoms with E-state index in [1.807, 2.05) is 19.1 Å². The summed E-state index contributed by atoms with van der Waals surface area (Å²) in [6, 6.07) is 5.24. The fourth-order valence-electron chi connectivity index (χ4n) is 1.19. The Balaban J connectivity index is 3.08. The minimum Gasteiger partial charge on any atom is -0.207 e. The van der Waals surface area contributed by atoms with Crippen molar-refractivity contribution in [1.82, 2.24) is 0 Å². The fourth-order valence-corrected chi connectivity index (χ4v) is 1.19. The average Bonchev–Trinajstić information content (AvgIpc) is 2.05. The maximum absolute atomic E-state index is 13.1. The van der Waals surface area contributed by atoms with Gasteiger partial charge in [-0.15, -0.1) is 0 Å². The molecular formula is C11H14F. The van der Waals surface area contributed by atoms with Gasteiger partial charge >= 0.3 is 0 Å². The van der Waals surface area contributed by atoms with Gasteiger partial charge in [-0.1, -0.05) is 26.0 Å². The third-order valence-electron chi connectivity index (χ3n) is 2.00. The van der Waals surface area contributed by atoms with Gasteiger partial charge in [0.1, 0.15) is 5.82 Å². The Labute approximate surface area is 73.4 Å². The number of hydrogen-bond donors (Lipinski definition) is 0. The predicted octanol–water partition coefficient (Wildman–Crippen LogP) is 3.33. The maximum atomic E-state index is 13.1. The summed E-state index contributed by atoms with van der Waals surface area (Å²) in [5, 5.41) is 0. The van der Waals surface area contributed by atoms with Crippen molar-refractivity contribution in [3.05, 3.63) is 42.1 Å². The van der Waals surface area contributed by atoms with Gasteiger partial charge in [0.2, 0.25) is 0 Å². The molecule has 1 atom stereocenters. The van der Waals surface area contributed by atoms with Crippen LogP contribution in [0.25, 0.3) is 0 Å². The SMILES string of the molecule is [CH2]C(C)c1cc(CC)ccc1F. The first-order chi connectivity index (χ1) is 5.65. The topological polar surface area (TPSA) is 0 Å². The number of aryl methyl sites for hydroxylation is 1. The van der Waals surface area contributed by atoms with Crippen molar-refractivity contribution in [2.45, 2.75) is 26.2 Å². The maximum Gasteiger partial charge on any atom is 0.126 e. The van der Waals surface area contributed by atoms with Crippen LogP contribution in [0.4, 0.5) is 4.39 Å². The van der Waals surface area contributed by atoms with Crippen LogP contribution in [0.3, 0.4) is 0 Å². The van der Waals surface area contributed by atoms with Gasteiger partial charge in [-0.25, -0.2) is 4.39 Å². The summed E-state index contributed by atoms with van der Waals surface area (Å²) in [7, 11) is 0. The van der Waals surface area contributed by atoms with E-state index in [0.29, 0.717) is 5.56 Å². The molecule has 1 aromatic rings. The highest BCUT2D eigenvalue weighted by Gasteiger charge is 2.06. The Morgan fingerprint density at radius 1 is 1.50 bits per heavy atom. The Morgan fingerprint density at radius 3 is 2.67 bits per heavy atom. The monoisotopic (exact) mass is 165 g/mol. The second kappa shape index (κ2) is 3.70. The molecule has 0 heterocycles. The third kappa shape index (κ3) is 1.84. The van der Waals surface area contributed by atoms with Crippen molar-refractivity contribution in [3.8, 4) is 0 Å². The Hall–Kier alpha value is -0.850. The summed E-state index contributed by atoms with van der Waals surface area (Å²) in [5.74, 6) is -0.119. The molecule has 0 amide bonds. The molecule has 0 N–H and O–H groups in total. The van der Waals surface area contributed by atoms with Crippen molar-refractivity contribution >= 4 is 0 Å². The molecule has 12 heavy (non-hydrogen) atoms. The van der Waals surface area contributed by atoms with Crippen LogP contribution < -0.4 is 0 Å². The van der Waals surface area contributed by atoms with Crippen LogP contribution in [-0.2, 0) is 6.42 Å². The fraction of sp³-hybridized carbons (Fsp3) is 0.364. The van der Waals surface area contributed by atoms with Crippen molar-refractivity contribution in [2.75, 3.05) is 0 Å². The number of hydrogen-bond acceptors (Lipinski definition) is 0. The first-order valence-corrected chi connectivity index (χ1v) is 4.26. The summed E-state index contributed by atoms with van der Waals surface area (Å²) >= 11 is 0. The largest absolute Gasteiger partial charge is 0.207 e. The molecule has 1 unspecified atom stereocenters. The van der Waals surface area contributed by atoms with E-state index in [9.17, 15) is 4.39 Å². The summed E-state index contributed by atoms with van der Waals surface area (Å²) in [5.41, 5.74) is 1.89. The smallest absolute Gasteiger partial charge is 0.126 e. The van der Waals surface area contributed by atoms with Gasteiger partial charge in [0.05, 0.1) is 0 Å². The quantitative estimate of drug-likeness (QED) is 0.630. The van der Waals surface area contributed by atoms with E-state index in [1.165, 1.54) is 11.6 Å². The molecule has 1 rings (SSSR count). The van der Waals surface area contributed by atoms with Gasteiger partial charge in [0.25, 0.3) is 0 Å². The molecule has 0 aliphatic rings. The highest BCUT2D eigenvalue weighted by Crippen LogP contribution is 2.19. The van der Waals surface area contributed by atoms with Crippen molar-refractivity contribution in [2.24, 2.45) is 0 Å². The molecule has 0 aliphatic heterocycles. The summed E-state index contributed by atoms with van der Waals surface area (Å²) in [6.07, 6.45) is 0.944. The molecule has 0 saturated heterocycles. The summed E-state index contributed by atoms with van der Waals surface area (Å²) in [4.78, 5) is 0. The second-order valence-corrected chi connectivity index (χ2v) is 3.11. The molecule has 0 nitrogen and oxygen atoms in total. The van der Waals surface area contributed by atoms with Crippen LogP contribution in [-0.4, -0.2) is 0 Å². The highest BCUT2D eigenvalue weighted by atomic mass is 19.1. The lowest BCUT2D eigenvalue weighted by molar-refractivity contribution is 0.604. The number of rotatable bonds is 2. The molecular weight excluding hydrogens is 151 g/mol. The van der Waals surface area contributed by atoms with Crippen LogP contribution in [0.15, 0.2) is 18.2 Å². The molecule has 0 spiro atoms. The first-order valence-electron chi connectivity index (χ1n) is 4.26. The summed E-state index contributed by atoms with van der Waals surface area (Å²) in [6.45, 7) is 7.77. The molecule has 0 fully saturated rings. The minimum absolute atomic E-state index is 0.0245. The molecule has 0 saturated carbocycles. The van der Waals surface area contributed by atoms with Crippen LogP contribution >= 0.6 is 0 Å². The van der Waals surface area contributed by atoms with Gasteiger partial charge < -0.3 is 0 Å². The van der Waals surface area contributed by atoms with Crippen LogP contribution in [0.2, 0.25) is 0 Å². The van der Waals surface area contributed by atoms with E-state index in [4.69, 9.17) is 0 Å². The lowest BCUT2D eigenvalue weighted by Crippen LogP contribution is -1.94. The van der Waals surface area contributed by atoms with Crippen LogP contribution in [0, 0.1) is 12.7 Å². The van der Waals surface area contributed by atoms with Gasteiger partial charge in [-0.3, -0.25) is 0 Å². The van der Waals surface area contributed by atoms with Crippen LogP contribution in [0.1, 0.15) is 30.9 Å². The molecule has 0 aliphatic carbocycles. The highest BCUT2D eigenvalue weighted by molar-refractivity contribution is 5.28. The van der Waals surface area contributed by atoms with Gasteiger partial charge in [-0.2, -0.15) is 0 Å². The van der Waals surface area contributed by atoms with E-state index in [1.54, 1.807) is 0 Å². The molecule has 0 aromatic heterocycles. The van der Waals surface area contributed by atoms with E-state index in [2.05, 4.69) is 13.8 Å². The van der Waals surface area contributed by atoms with E-state index in [-0.39, 0.29) is 11.7 Å². The van der Waals surface area contributed by atoms with Crippen molar-refractivity contribution in [3.63, 3.8) is 0 Å². The lowest BCUT2D eigenvalue weighted by Gasteiger charge is -2.08. The molecule has 65 valence electrons. The Kier molecular flexibility index (Phi) is 2.85.